The summed E-state index contributed by atoms with van der Waals surface area (Å²) in [5.41, 5.74) is -0.677. The van der Waals surface area contributed by atoms with Crippen molar-refractivity contribution in [2.45, 2.75) is 23.3 Å². The Kier molecular flexibility index (Phi) is 3.31. The van der Waals surface area contributed by atoms with Crippen molar-refractivity contribution in [1.29, 1.82) is 0 Å². The average Bonchev–Trinajstić information content (AvgIpc) is 3.28. The van der Waals surface area contributed by atoms with E-state index in [0.717, 1.165) is 12.8 Å². The van der Waals surface area contributed by atoms with E-state index in [1.807, 2.05) is 0 Å². The zero-order valence-electron chi connectivity index (χ0n) is 11.7. The zero-order valence-corrected chi connectivity index (χ0v) is 12.5. The highest BCUT2D eigenvalue weighted by molar-refractivity contribution is 7.89. The number of β-amino-alcohol motifs (C(OH)–C–C–N with tert-alkyl or cyclic N) is 1. The molecule has 1 saturated heterocycles. The first kappa shape index (κ1) is 14.5. The summed E-state index contributed by atoms with van der Waals surface area (Å²) in [6, 6.07) is 5.75. The minimum Gasteiger partial charge on any atom is -0.465 e. The van der Waals surface area contributed by atoms with Crippen LogP contribution in [0.15, 0.2) is 29.2 Å². The number of sulfonamides is 1. The summed E-state index contributed by atoms with van der Waals surface area (Å²) < 4.78 is 30.8. The molecule has 0 atom stereocenters. The number of aliphatic hydroxyl groups is 1. The van der Waals surface area contributed by atoms with Gasteiger partial charge in [-0.3, -0.25) is 0 Å². The van der Waals surface area contributed by atoms with Gasteiger partial charge in [-0.25, -0.2) is 13.2 Å². The molecule has 1 heterocycles. The van der Waals surface area contributed by atoms with Crippen LogP contribution >= 0.6 is 0 Å². The monoisotopic (exact) mass is 311 g/mol. The van der Waals surface area contributed by atoms with Crippen molar-refractivity contribution in [3.8, 4) is 0 Å². The molecule has 21 heavy (non-hydrogen) atoms. The van der Waals surface area contributed by atoms with Gasteiger partial charge in [0.2, 0.25) is 10.0 Å². The molecule has 114 valence electrons. The molecule has 0 spiro atoms. The summed E-state index contributed by atoms with van der Waals surface area (Å²) in [6.45, 7) is 0.255. The summed E-state index contributed by atoms with van der Waals surface area (Å²) in [6.07, 6.45) is 1.92. The fraction of sp³-hybridized carbons (Fsp3) is 0.500. The third kappa shape index (κ3) is 2.45. The minimum atomic E-state index is -3.68. The highest BCUT2D eigenvalue weighted by Crippen LogP contribution is 2.45. The molecule has 0 unspecified atom stereocenters. The molecule has 1 aromatic rings. The maximum absolute atomic E-state index is 12.5. The standard InChI is InChI=1S/C14H17NO5S/c1-20-13(16)10-3-2-4-12(7-10)21(18,19)15-8-14(17,9-15)11-5-6-11/h2-4,7,11,17H,5-6,8-9H2,1H3. The number of benzene rings is 1. The molecule has 7 heteroatoms. The number of ether oxygens (including phenoxy) is 1. The number of rotatable bonds is 4. The second-order valence-electron chi connectivity index (χ2n) is 5.67. The van der Waals surface area contributed by atoms with E-state index in [1.54, 1.807) is 0 Å². The second-order valence-corrected chi connectivity index (χ2v) is 7.61. The maximum Gasteiger partial charge on any atom is 0.337 e. The SMILES string of the molecule is COC(=O)c1cccc(S(=O)(=O)N2CC(O)(C3CC3)C2)c1. The highest BCUT2D eigenvalue weighted by Gasteiger charge is 2.55. The number of carbonyl (C=O) groups excluding carboxylic acids is 1. The topological polar surface area (TPSA) is 83.9 Å². The average molecular weight is 311 g/mol. The Hall–Kier alpha value is -1.44. The van der Waals surface area contributed by atoms with Crippen molar-refractivity contribution < 1.29 is 23.1 Å². The van der Waals surface area contributed by atoms with E-state index in [1.165, 1.54) is 35.7 Å². The number of methoxy groups -OCH3 is 1. The van der Waals surface area contributed by atoms with Gasteiger partial charge in [0, 0.05) is 13.1 Å². The molecule has 0 radical (unpaired) electrons. The first-order chi connectivity index (χ1) is 9.87. The van der Waals surface area contributed by atoms with Crippen LogP contribution in [0.4, 0.5) is 0 Å². The van der Waals surface area contributed by atoms with Crippen molar-refractivity contribution in [1.82, 2.24) is 4.31 Å². The van der Waals surface area contributed by atoms with E-state index in [2.05, 4.69) is 4.74 Å². The van der Waals surface area contributed by atoms with Crippen LogP contribution in [0.1, 0.15) is 23.2 Å². The van der Waals surface area contributed by atoms with Crippen molar-refractivity contribution in [3.63, 3.8) is 0 Å². The molecule has 2 fully saturated rings. The number of hydrogen-bond donors (Lipinski definition) is 1. The molecular formula is C14H17NO5S. The van der Waals surface area contributed by atoms with Crippen LogP contribution in [-0.2, 0) is 14.8 Å². The molecule has 0 amide bonds. The molecular weight excluding hydrogens is 294 g/mol. The normalized spacial score (nSPS) is 21.6. The van der Waals surface area contributed by atoms with Gasteiger partial charge in [0.05, 0.1) is 23.2 Å². The Labute approximate surface area is 123 Å². The quantitative estimate of drug-likeness (QED) is 0.824. The van der Waals surface area contributed by atoms with Crippen LogP contribution in [0.5, 0.6) is 0 Å². The van der Waals surface area contributed by atoms with Crippen LogP contribution in [0.2, 0.25) is 0 Å². The Morgan fingerprint density at radius 2 is 2.05 bits per heavy atom. The fourth-order valence-electron chi connectivity index (χ4n) is 2.66. The number of hydrogen-bond acceptors (Lipinski definition) is 5. The van der Waals surface area contributed by atoms with Gasteiger partial charge in [0.1, 0.15) is 0 Å². The van der Waals surface area contributed by atoms with Crippen LogP contribution in [0, 0.1) is 5.92 Å². The van der Waals surface area contributed by atoms with Gasteiger partial charge in [0.15, 0.2) is 0 Å². The predicted molar refractivity (Wildman–Crippen MR) is 74.2 cm³/mol. The lowest BCUT2D eigenvalue weighted by Crippen LogP contribution is -2.64. The number of carbonyl (C=O) groups is 1. The fourth-order valence-corrected chi connectivity index (χ4v) is 4.28. The van der Waals surface area contributed by atoms with E-state index in [0.29, 0.717) is 0 Å². The molecule has 0 bridgehead atoms. The van der Waals surface area contributed by atoms with Crippen molar-refractivity contribution in [2.24, 2.45) is 5.92 Å². The molecule has 1 saturated carbocycles. The van der Waals surface area contributed by atoms with Gasteiger partial charge in [0.25, 0.3) is 0 Å². The molecule has 0 aromatic heterocycles. The summed E-state index contributed by atoms with van der Waals surface area (Å²) in [5, 5.41) is 10.2. The number of esters is 1. The van der Waals surface area contributed by atoms with E-state index in [9.17, 15) is 18.3 Å². The Balaban J connectivity index is 1.81. The van der Waals surface area contributed by atoms with Gasteiger partial charge >= 0.3 is 5.97 Å². The summed E-state index contributed by atoms with van der Waals surface area (Å²) >= 11 is 0. The Morgan fingerprint density at radius 3 is 2.62 bits per heavy atom. The number of nitrogens with zero attached hydrogens (tertiary/aromatic N) is 1. The summed E-state index contributed by atoms with van der Waals surface area (Å²) in [7, 11) is -2.43. The first-order valence-electron chi connectivity index (χ1n) is 6.78. The lowest BCUT2D eigenvalue weighted by Gasteiger charge is -2.45. The lowest BCUT2D eigenvalue weighted by molar-refractivity contribution is -0.0764. The zero-order chi connectivity index (χ0) is 15.3. The minimum absolute atomic E-state index is 0.0447. The summed E-state index contributed by atoms with van der Waals surface area (Å²) in [4.78, 5) is 11.5. The molecule has 1 N–H and O–H groups in total. The second kappa shape index (κ2) is 4.79. The maximum atomic E-state index is 12.5. The molecule has 3 rings (SSSR count). The summed E-state index contributed by atoms with van der Waals surface area (Å²) in [5.74, 6) is -0.351. The van der Waals surface area contributed by atoms with Crippen LogP contribution < -0.4 is 0 Å². The molecule has 2 aliphatic rings. The molecule has 1 aliphatic carbocycles. The first-order valence-corrected chi connectivity index (χ1v) is 8.22. The van der Waals surface area contributed by atoms with Crippen molar-refractivity contribution in [3.05, 3.63) is 29.8 Å². The van der Waals surface area contributed by atoms with Gasteiger partial charge in [-0.05, 0) is 37.0 Å². The third-order valence-corrected chi connectivity index (χ3v) is 5.92. The predicted octanol–water partition coefficient (Wildman–Crippen LogP) is 0.619. The van der Waals surface area contributed by atoms with Gasteiger partial charge in [-0.1, -0.05) is 6.07 Å². The van der Waals surface area contributed by atoms with Gasteiger partial charge in [-0.15, -0.1) is 0 Å². The molecule has 1 aliphatic heterocycles. The van der Waals surface area contributed by atoms with E-state index < -0.39 is 21.6 Å². The Bertz CT molecular complexity index is 674. The van der Waals surface area contributed by atoms with Crippen LogP contribution in [0.3, 0.4) is 0 Å². The van der Waals surface area contributed by atoms with Crippen LogP contribution in [0.25, 0.3) is 0 Å². The molecule has 1 aromatic carbocycles. The lowest BCUT2D eigenvalue weighted by atomic mass is 9.91. The highest BCUT2D eigenvalue weighted by atomic mass is 32.2. The smallest absolute Gasteiger partial charge is 0.337 e. The van der Waals surface area contributed by atoms with Crippen molar-refractivity contribution >= 4 is 16.0 Å². The van der Waals surface area contributed by atoms with E-state index >= 15 is 0 Å². The third-order valence-electron chi connectivity index (χ3n) is 4.13. The Morgan fingerprint density at radius 1 is 1.38 bits per heavy atom. The van der Waals surface area contributed by atoms with Crippen LogP contribution in [-0.4, -0.2) is 49.6 Å². The van der Waals surface area contributed by atoms with Gasteiger partial charge in [-0.2, -0.15) is 4.31 Å². The largest absolute Gasteiger partial charge is 0.465 e. The van der Waals surface area contributed by atoms with Crippen molar-refractivity contribution in [2.75, 3.05) is 20.2 Å². The van der Waals surface area contributed by atoms with E-state index in [-0.39, 0.29) is 29.5 Å². The van der Waals surface area contributed by atoms with E-state index in [4.69, 9.17) is 0 Å². The molecule has 6 nitrogen and oxygen atoms in total. The van der Waals surface area contributed by atoms with Gasteiger partial charge < -0.3 is 9.84 Å².